The first-order valence-corrected chi connectivity index (χ1v) is 24.5. The highest BCUT2D eigenvalue weighted by molar-refractivity contribution is 15.0. The Balaban J connectivity index is 0.000000143. The van der Waals surface area contributed by atoms with Gasteiger partial charge >= 0.3 is 0 Å². The third kappa shape index (κ3) is 6.73. The van der Waals surface area contributed by atoms with E-state index in [-0.39, 0.29) is 0 Å². The summed E-state index contributed by atoms with van der Waals surface area (Å²) in [4.78, 5) is 18.7. The van der Waals surface area contributed by atoms with E-state index in [0.717, 1.165) is 74.5 Å². The Kier molecular flexibility index (Phi) is 10.6. The van der Waals surface area contributed by atoms with Crippen LogP contribution in [0.15, 0.2) is 158 Å². The van der Waals surface area contributed by atoms with E-state index in [1.165, 1.54) is 0 Å². The van der Waals surface area contributed by atoms with Crippen LogP contribution in [-0.4, -0.2) is 38.2 Å². The van der Waals surface area contributed by atoms with Gasteiger partial charge in [0.2, 0.25) is 0 Å². The van der Waals surface area contributed by atoms with E-state index >= 15 is 0 Å². The third-order valence-electron chi connectivity index (χ3n) is 8.66. The molecule has 0 N–H and O–H groups in total. The van der Waals surface area contributed by atoms with E-state index in [2.05, 4.69) is 183 Å². The van der Waals surface area contributed by atoms with Gasteiger partial charge in [0.15, 0.2) is 7.66 Å². The molecule has 52 heavy (non-hydrogen) atoms. The standard InChI is InChI=1S/C20H12I2N4.C20H14N4.I2/c21-19-23-15-12-18-16(11-17(15)25(19)13-7-3-1-4-8-13)24-20(22)26(18)14-9-5-2-6-10-14;1-3-7-15(8-4-1)23-13-21-17-12-20-18(11-19(17)23)22-14-24(20)16-9-5-2-6-10-16;1-2/h1-12H;1-14H;. The summed E-state index contributed by atoms with van der Waals surface area (Å²) in [6.45, 7) is 0. The molecule has 0 aliphatic carbocycles. The van der Waals surface area contributed by atoms with Gasteiger partial charge in [-0.25, -0.2) is 19.9 Å². The molecule has 0 amide bonds. The van der Waals surface area contributed by atoms with Crippen LogP contribution >= 0.6 is 82.4 Å². The molecule has 10 rings (SSSR count). The van der Waals surface area contributed by atoms with Crippen LogP contribution in [0.3, 0.4) is 0 Å². The van der Waals surface area contributed by atoms with Crippen LogP contribution in [0.4, 0.5) is 0 Å². The number of rotatable bonds is 4. The number of hydrogen-bond donors (Lipinski definition) is 0. The van der Waals surface area contributed by atoms with E-state index in [1.54, 1.807) is 0 Å². The van der Waals surface area contributed by atoms with Gasteiger partial charge in [-0.05, 0) is 72.8 Å². The quantitative estimate of drug-likeness (QED) is 0.165. The average molecular weight is 1130 g/mol. The molecular formula is C40H26I4N8. The Morgan fingerprint density at radius 3 is 1.02 bits per heavy atom. The number of halogens is 4. The second-order valence-corrected chi connectivity index (χ2v) is 13.6. The number of hydrogen-bond acceptors (Lipinski definition) is 4. The van der Waals surface area contributed by atoms with Crippen LogP contribution in [0.1, 0.15) is 0 Å². The topological polar surface area (TPSA) is 71.3 Å². The zero-order valence-corrected chi connectivity index (χ0v) is 35.7. The second kappa shape index (κ2) is 15.6. The fraction of sp³-hybridized carbons (Fsp3) is 0. The largest absolute Gasteiger partial charge is 0.299 e. The summed E-state index contributed by atoms with van der Waals surface area (Å²) in [5.74, 6) is 0. The minimum atomic E-state index is 0.942. The fourth-order valence-electron chi connectivity index (χ4n) is 6.34. The van der Waals surface area contributed by atoms with Crippen molar-refractivity contribution < 1.29 is 0 Å². The minimum Gasteiger partial charge on any atom is -0.299 e. The van der Waals surface area contributed by atoms with Crippen LogP contribution < -0.4 is 0 Å². The van der Waals surface area contributed by atoms with Crippen molar-refractivity contribution in [2.24, 2.45) is 0 Å². The summed E-state index contributed by atoms with van der Waals surface area (Å²) in [7, 11) is 0. The van der Waals surface area contributed by atoms with E-state index in [0.29, 0.717) is 0 Å². The van der Waals surface area contributed by atoms with Crippen LogP contribution in [0.25, 0.3) is 66.9 Å². The molecular weight excluding hydrogens is 1100 g/mol. The van der Waals surface area contributed by atoms with Crippen molar-refractivity contribution in [3.05, 3.63) is 166 Å². The highest BCUT2D eigenvalue weighted by Gasteiger charge is 2.17. The van der Waals surface area contributed by atoms with Gasteiger partial charge in [-0.2, -0.15) is 0 Å². The molecule has 0 aliphatic heterocycles. The Morgan fingerprint density at radius 2 is 0.673 bits per heavy atom. The van der Waals surface area contributed by atoms with E-state index in [1.807, 2.05) is 85.5 Å². The number of imidazole rings is 4. The molecule has 10 aromatic rings. The average Bonchev–Trinajstić information content (AvgIpc) is 3.97. The molecule has 4 heterocycles. The predicted octanol–water partition coefficient (Wildman–Crippen LogP) is 11.7. The Labute approximate surface area is 349 Å². The maximum atomic E-state index is 4.79. The van der Waals surface area contributed by atoms with Crippen molar-refractivity contribution in [2.45, 2.75) is 0 Å². The lowest BCUT2D eigenvalue weighted by atomic mass is 10.2. The van der Waals surface area contributed by atoms with Crippen molar-refractivity contribution in [2.75, 3.05) is 0 Å². The van der Waals surface area contributed by atoms with Gasteiger partial charge in [0.25, 0.3) is 0 Å². The van der Waals surface area contributed by atoms with Gasteiger partial charge in [0.05, 0.1) is 44.1 Å². The SMILES string of the molecule is II.Ic1nc2cc3c(cc2n1-c1ccccc1)nc(I)n3-c1ccccc1.c1ccc(-n2cnc3cc4c(cc32)ncn4-c2ccccc2)cc1. The lowest BCUT2D eigenvalue weighted by molar-refractivity contribution is 1.04. The normalized spacial score (nSPS) is 11.1. The maximum absolute atomic E-state index is 4.79. The smallest absolute Gasteiger partial charge is 0.177 e. The van der Waals surface area contributed by atoms with Crippen molar-refractivity contribution in [1.29, 1.82) is 0 Å². The summed E-state index contributed by atoms with van der Waals surface area (Å²) in [5, 5.41) is 0. The maximum Gasteiger partial charge on any atom is 0.177 e. The van der Waals surface area contributed by atoms with Crippen LogP contribution in [0.5, 0.6) is 0 Å². The number of fused-ring (bicyclic) bond motifs is 4. The van der Waals surface area contributed by atoms with Crippen LogP contribution in [-0.2, 0) is 0 Å². The molecule has 0 bridgehead atoms. The van der Waals surface area contributed by atoms with Gasteiger partial charge < -0.3 is 0 Å². The summed E-state index contributed by atoms with van der Waals surface area (Å²) >= 11 is 8.82. The number of para-hydroxylation sites is 4. The highest BCUT2D eigenvalue weighted by atomic mass is 128. The molecule has 0 saturated heterocycles. The molecule has 0 atom stereocenters. The minimum absolute atomic E-state index is 0.942. The molecule has 4 aromatic heterocycles. The molecule has 0 radical (unpaired) electrons. The lowest BCUT2D eigenvalue weighted by Crippen LogP contribution is -1.96. The molecule has 8 nitrogen and oxygen atoms in total. The van der Waals surface area contributed by atoms with Crippen molar-refractivity contribution in [1.82, 2.24) is 38.2 Å². The summed E-state index contributed by atoms with van der Waals surface area (Å²) in [6, 6.07) is 49.6. The van der Waals surface area contributed by atoms with E-state index in [9.17, 15) is 0 Å². The second-order valence-electron chi connectivity index (χ2n) is 11.7. The molecule has 6 aromatic carbocycles. The van der Waals surface area contributed by atoms with Gasteiger partial charge in [-0.15, -0.1) is 0 Å². The number of benzene rings is 6. The molecule has 12 heteroatoms. The van der Waals surface area contributed by atoms with Gasteiger partial charge in [0.1, 0.15) is 12.7 Å². The van der Waals surface area contributed by atoms with Crippen LogP contribution in [0, 0.1) is 7.66 Å². The summed E-state index contributed by atoms with van der Waals surface area (Å²) in [6.07, 6.45) is 3.73. The zero-order valence-electron chi connectivity index (χ0n) is 27.1. The van der Waals surface area contributed by atoms with Crippen LogP contribution in [0.2, 0.25) is 0 Å². The highest BCUT2D eigenvalue weighted by Crippen LogP contribution is 2.30. The summed E-state index contributed by atoms with van der Waals surface area (Å²) < 4.78 is 10.4. The molecule has 254 valence electrons. The van der Waals surface area contributed by atoms with Crippen molar-refractivity contribution in [3.8, 4) is 22.7 Å². The van der Waals surface area contributed by atoms with Crippen molar-refractivity contribution in [3.63, 3.8) is 0 Å². The molecule has 0 fully saturated rings. The summed E-state index contributed by atoms with van der Waals surface area (Å²) in [5.41, 5.74) is 12.5. The monoisotopic (exact) mass is 1130 g/mol. The number of nitrogens with zero attached hydrogens (tertiary/aromatic N) is 8. The Morgan fingerprint density at radius 1 is 0.365 bits per heavy atom. The predicted molar refractivity (Wildman–Crippen MR) is 245 cm³/mol. The van der Waals surface area contributed by atoms with E-state index in [4.69, 9.17) is 9.97 Å². The molecule has 0 unspecified atom stereocenters. The van der Waals surface area contributed by atoms with Gasteiger partial charge in [0, 0.05) is 105 Å². The van der Waals surface area contributed by atoms with E-state index < -0.39 is 0 Å². The Hall–Kier alpha value is -3.88. The number of aromatic nitrogens is 8. The van der Waals surface area contributed by atoms with Gasteiger partial charge in [-0.1, -0.05) is 72.8 Å². The molecule has 0 spiro atoms. The molecule has 0 aliphatic rings. The first-order chi connectivity index (χ1) is 25.6. The first kappa shape index (κ1) is 35.2. The molecule has 0 saturated carbocycles. The third-order valence-corrected chi connectivity index (χ3v) is 10.1. The Bertz CT molecular complexity index is 2580. The fourth-order valence-corrected chi connectivity index (χ4v) is 7.93. The zero-order chi connectivity index (χ0) is 35.6. The lowest BCUT2D eigenvalue weighted by Gasteiger charge is -2.07. The first-order valence-electron chi connectivity index (χ1n) is 16.1. The van der Waals surface area contributed by atoms with Crippen molar-refractivity contribution >= 4 is 127 Å². The van der Waals surface area contributed by atoms with Gasteiger partial charge in [-0.3, -0.25) is 18.3 Å².